The largest absolute Gasteiger partial charge is 0.462 e. The van der Waals surface area contributed by atoms with Crippen molar-refractivity contribution in [1.29, 1.82) is 0 Å². The number of carbonyl (C=O) groups excluding carboxylic acids is 2. The molecule has 0 spiro atoms. The van der Waals surface area contributed by atoms with Crippen LogP contribution in [0.5, 0.6) is 21.6 Å². The monoisotopic (exact) mass is 646 g/mol. The van der Waals surface area contributed by atoms with Crippen molar-refractivity contribution >= 4 is 81.4 Å². The Morgan fingerprint density at radius 1 is 0.615 bits per heavy atom. The molecule has 0 amide bonds. The van der Waals surface area contributed by atoms with Crippen molar-refractivity contribution in [2.45, 2.75) is 19.3 Å². The number of unbranched alkanes of at least 4 members (excludes halogenated alkanes) is 2. The summed E-state index contributed by atoms with van der Waals surface area (Å²) in [6, 6.07) is 13.3. The second-order valence-corrected chi connectivity index (χ2v) is 10.8. The lowest BCUT2D eigenvalue weighted by atomic mass is 10.2. The van der Waals surface area contributed by atoms with Gasteiger partial charge in [0.25, 0.3) is 0 Å². The smallest absolute Gasteiger partial charge is 0.346 e. The molecule has 4 rings (SSSR count). The third-order valence-corrected chi connectivity index (χ3v) is 7.66. The van der Waals surface area contributed by atoms with Gasteiger partial charge < -0.3 is 18.9 Å². The number of carbonyl (C=O) groups is 2. The first-order chi connectivity index (χ1) is 18.8. The Morgan fingerprint density at radius 3 is 1.38 bits per heavy atom. The fourth-order valence-corrected chi connectivity index (χ4v) is 5.28. The third kappa shape index (κ3) is 8.20. The van der Waals surface area contributed by atoms with E-state index < -0.39 is 11.9 Å². The van der Waals surface area contributed by atoms with Gasteiger partial charge in [0.1, 0.15) is 11.5 Å². The van der Waals surface area contributed by atoms with Crippen LogP contribution in [-0.2, 0) is 9.47 Å². The molecule has 2 aromatic heterocycles. The number of esters is 2. The molecule has 0 N–H and O–H groups in total. The van der Waals surface area contributed by atoms with Gasteiger partial charge in [-0.3, -0.25) is 0 Å². The minimum absolute atomic E-state index is 0.00173. The summed E-state index contributed by atoms with van der Waals surface area (Å²) in [4.78, 5) is 25.1. The molecule has 2 heterocycles. The highest BCUT2D eigenvalue weighted by atomic mass is 35.5. The summed E-state index contributed by atoms with van der Waals surface area (Å²) in [5, 5.41) is 1.56. The Hall–Kier alpha value is -2.60. The molecule has 14 heteroatoms. The number of halogens is 4. The SMILES string of the molecule is O=C(OCCCCCOC(=O)c1c(Cl)nsc1Oc1ccc(Cl)cc1)c1c(Cl)nsc1Oc1ccc(Cl)cc1. The van der Waals surface area contributed by atoms with Crippen molar-refractivity contribution in [2.24, 2.45) is 0 Å². The molecule has 2 aromatic carbocycles. The summed E-state index contributed by atoms with van der Waals surface area (Å²) in [6.07, 6.45) is 1.71. The van der Waals surface area contributed by atoms with E-state index in [1.807, 2.05) is 0 Å². The molecule has 0 aliphatic heterocycles. The zero-order valence-electron chi connectivity index (χ0n) is 19.8. The van der Waals surface area contributed by atoms with Crippen molar-refractivity contribution in [3.8, 4) is 21.6 Å². The molecular formula is C25H18Cl4N2O6S2. The normalized spacial score (nSPS) is 10.8. The van der Waals surface area contributed by atoms with Crippen molar-refractivity contribution in [3.63, 3.8) is 0 Å². The Morgan fingerprint density at radius 2 is 1.00 bits per heavy atom. The number of hydrogen-bond donors (Lipinski definition) is 0. The predicted octanol–water partition coefficient (Wildman–Crippen LogP) is 8.98. The van der Waals surface area contributed by atoms with Gasteiger partial charge in [-0.1, -0.05) is 46.4 Å². The fourth-order valence-electron chi connectivity index (χ4n) is 3.06. The van der Waals surface area contributed by atoms with E-state index in [0.717, 1.165) is 23.1 Å². The molecule has 0 saturated heterocycles. The standard InChI is InChI=1S/C25H18Cl4N2O6S2/c26-14-4-8-16(9-5-14)36-24-18(20(28)30-38-24)22(32)34-12-2-1-3-13-35-23(33)19-21(29)31-39-25(19)37-17-10-6-15(27)7-11-17/h4-11H,1-3,12-13H2. The molecule has 4 aromatic rings. The quantitative estimate of drug-likeness (QED) is 0.111. The van der Waals surface area contributed by atoms with Gasteiger partial charge >= 0.3 is 11.9 Å². The summed E-state index contributed by atoms with van der Waals surface area (Å²) >= 11 is 25.8. The summed E-state index contributed by atoms with van der Waals surface area (Å²) in [6.45, 7) is 0.275. The van der Waals surface area contributed by atoms with E-state index in [1.54, 1.807) is 48.5 Å². The molecule has 0 aliphatic rings. The molecule has 0 saturated carbocycles. The van der Waals surface area contributed by atoms with Gasteiger partial charge in [-0.25, -0.2) is 9.59 Å². The number of aromatic nitrogens is 2. The van der Waals surface area contributed by atoms with E-state index in [1.165, 1.54) is 0 Å². The number of nitrogens with zero attached hydrogens (tertiary/aromatic N) is 2. The Bertz CT molecular complexity index is 1320. The molecule has 0 radical (unpaired) electrons. The van der Waals surface area contributed by atoms with Crippen LogP contribution in [0.1, 0.15) is 40.0 Å². The number of hydrogen-bond acceptors (Lipinski definition) is 10. The maximum atomic E-state index is 12.6. The molecule has 39 heavy (non-hydrogen) atoms. The lowest BCUT2D eigenvalue weighted by molar-refractivity contribution is 0.0476. The van der Waals surface area contributed by atoms with E-state index in [0.29, 0.717) is 40.8 Å². The van der Waals surface area contributed by atoms with Crippen LogP contribution in [0.25, 0.3) is 0 Å². The number of rotatable bonds is 12. The third-order valence-electron chi connectivity index (χ3n) is 4.95. The van der Waals surface area contributed by atoms with Crippen LogP contribution in [0.2, 0.25) is 20.4 Å². The van der Waals surface area contributed by atoms with Crippen LogP contribution in [0.15, 0.2) is 48.5 Å². The molecule has 0 fully saturated rings. The fraction of sp³-hybridized carbons (Fsp3) is 0.200. The van der Waals surface area contributed by atoms with Crippen molar-refractivity contribution in [3.05, 3.63) is 80.0 Å². The first-order valence-corrected chi connectivity index (χ1v) is 14.4. The maximum absolute atomic E-state index is 12.6. The maximum Gasteiger partial charge on any atom is 0.346 e. The zero-order chi connectivity index (χ0) is 27.8. The number of ether oxygens (including phenoxy) is 4. The van der Waals surface area contributed by atoms with Gasteiger partial charge in [0.2, 0.25) is 10.1 Å². The van der Waals surface area contributed by atoms with Gasteiger partial charge in [-0.15, -0.1) is 0 Å². The highest BCUT2D eigenvalue weighted by Gasteiger charge is 2.24. The predicted molar refractivity (Wildman–Crippen MR) is 152 cm³/mol. The van der Waals surface area contributed by atoms with Crippen LogP contribution in [0.3, 0.4) is 0 Å². The van der Waals surface area contributed by atoms with Crippen molar-refractivity contribution in [1.82, 2.24) is 8.75 Å². The average Bonchev–Trinajstić information content (AvgIpc) is 3.47. The molecule has 0 aliphatic carbocycles. The van der Waals surface area contributed by atoms with Gasteiger partial charge in [0.05, 0.1) is 13.2 Å². The Labute approximate surface area is 251 Å². The van der Waals surface area contributed by atoms with Crippen LogP contribution in [0, 0.1) is 0 Å². The Kier molecular flexibility index (Phi) is 10.7. The van der Waals surface area contributed by atoms with Gasteiger partial charge in [0.15, 0.2) is 21.4 Å². The van der Waals surface area contributed by atoms with Gasteiger partial charge in [-0.05, 0) is 67.8 Å². The van der Waals surface area contributed by atoms with Crippen LogP contribution < -0.4 is 9.47 Å². The molecule has 8 nitrogen and oxygen atoms in total. The van der Waals surface area contributed by atoms with Crippen molar-refractivity contribution in [2.75, 3.05) is 13.2 Å². The van der Waals surface area contributed by atoms with Gasteiger partial charge in [0, 0.05) is 33.1 Å². The number of benzene rings is 2. The van der Waals surface area contributed by atoms with E-state index in [2.05, 4.69) is 8.75 Å². The van der Waals surface area contributed by atoms with E-state index >= 15 is 0 Å². The second kappa shape index (κ2) is 14.2. The van der Waals surface area contributed by atoms with Gasteiger partial charge in [-0.2, -0.15) is 8.75 Å². The first-order valence-electron chi connectivity index (χ1n) is 11.3. The lowest BCUT2D eigenvalue weighted by Crippen LogP contribution is -2.09. The van der Waals surface area contributed by atoms with Crippen LogP contribution >= 0.6 is 69.5 Å². The van der Waals surface area contributed by atoms with E-state index in [9.17, 15) is 9.59 Å². The second-order valence-electron chi connectivity index (χ2n) is 7.72. The molecule has 204 valence electrons. The average molecular weight is 648 g/mol. The van der Waals surface area contributed by atoms with Crippen LogP contribution in [-0.4, -0.2) is 33.9 Å². The molecule has 0 bridgehead atoms. The summed E-state index contributed by atoms with van der Waals surface area (Å²) in [5.41, 5.74) is 0.117. The highest BCUT2D eigenvalue weighted by Crippen LogP contribution is 2.36. The first kappa shape index (κ1) is 29.4. The van der Waals surface area contributed by atoms with E-state index in [4.69, 9.17) is 65.4 Å². The highest BCUT2D eigenvalue weighted by molar-refractivity contribution is 7.09. The summed E-state index contributed by atoms with van der Waals surface area (Å²) in [5.74, 6) is -0.327. The Balaban J connectivity index is 1.19. The minimum atomic E-state index is -0.642. The van der Waals surface area contributed by atoms with Crippen molar-refractivity contribution < 1.29 is 28.5 Å². The zero-order valence-corrected chi connectivity index (χ0v) is 24.5. The molecule has 0 atom stereocenters. The molecular weight excluding hydrogens is 630 g/mol. The summed E-state index contributed by atoms with van der Waals surface area (Å²) in [7, 11) is 0. The van der Waals surface area contributed by atoms with Crippen LogP contribution in [0.4, 0.5) is 0 Å². The summed E-state index contributed by atoms with van der Waals surface area (Å²) < 4.78 is 30.0. The van der Waals surface area contributed by atoms with E-state index in [-0.39, 0.29) is 44.8 Å². The topological polar surface area (TPSA) is 96.8 Å². The molecule has 0 unspecified atom stereocenters. The lowest BCUT2D eigenvalue weighted by Gasteiger charge is -2.08. The minimum Gasteiger partial charge on any atom is -0.462 e.